The van der Waals surface area contributed by atoms with Gasteiger partial charge in [0.15, 0.2) is 0 Å². The van der Waals surface area contributed by atoms with E-state index >= 15 is 0 Å². The molecular formula is C19H26N2O2S. The highest BCUT2D eigenvalue weighted by Gasteiger charge is 2.38. The molecule has 0 saturated carbocycles. The lowest BCUT2D eigenvalue weighted by Crippen LogP contribution is -2.44. The molecule has 2 rings (SSSR count). The van der Waals surface area contributed by atoms with E-state index in [-0.39, 0.29) is 11.4 Å². The van der Waals surface area contributed by atoms with Crippen molar-refractivity contribution in [3.63, 3.8) is 0 Å². The molecule has 1 aliphatic heterocycles. The summed E-state index contributed by atoms with van der Waals surface area (Å²) in [5.74, 6) is -0.209. The van der Waals surface area contributed by atoms with Crippen LogP contribution >= 0.6 is 11.8 Å². The van der Waals surface area contributed by atoms with Crippen molar-refractivity contribution in [3.05, 3.63) is 29.8 Å². The third kappa shape index (κ3) is 4.31. The molecule has 0 unspecified atom stereocenters. The summed E-state index contributed by atoms with van der Waals surface area (Å²) >= 11 is 1.71. The molecule has 0 atom stereocenters. The molecule has 0 radical (unpaired) electrons. The van der Waals surface area contributed by atoms with Gasteiger partial charge in [0.2, 0.25) is 0 Å². The number of carbonyl (C=O) groups excluding carboxylic acids is 1. The Morgan fingerprint density at radius 3 is 2.58 bits per heavy atom. The molecule has 4 nitrogen and oxygen atoms in total. The first kappa shape index (κ1) is 18.8. The van der Waals surface area contributed by atoms with Gasteiger partial charge in [0.05, 0.1) is 11.5 Å². The molecule has 1 fully saturated rings. The molecule has 0 bridgehead atoms. The van der Waals surface area contributed by atoms with Crippen LogP contribution in [0.25, 0.3) is 0 Å². The summed E-state index contributed by atoms with van der Waals surface area (Å²) in [5.41, 5.74) is 0.566. The van der Waals surface area contributed by atoms with Gasteiger partial charge in [0, 0.05) is 29.8 Å². The van der Waals surface area contributed by atoms with Crippen LogP contribution in [0, 0.1) is 16.7 Å². The van der Waals surface area contributed by atoms with Gasteiger partial charge in [-0.3, -0.25) is 0 Å². The average Bonchev–Trinajstić information content (AvgIpc) is 2.56. The molecule has 1 aromatic carbocycles. The zero-order valence-corrected chi connectivity index (χ0v) is 15.8. The molecule has 1 aliphatic rings. The van der Waals surface area contributed by atoms with Gasteiger partial charge in [-0.15, -0.1) is 16.8 Å². The predicted octanol–water partition coefficient (Wildman–Crippen LogP) is 4.16. The van der Waals surface area contributed by atoms with E-state index in [0.29, 0.717) is 19.5 Å². The lowest BCUT2D eigenvalue weighted by molar-refractivity contribution is -0.207. The van der Waals surface area contributed by atoms with Crippen molar-refractivity contribution in [2.45, 2.75) is 50.3 Å². The van der Waals surface area contributed by atoms with Gasteiger partial charge >= 0.3 is 5.97 Å². The number of hydrogen-bond donors (Lipinski definition) is 0. The van der Waals surface area contributed by atoms with E-state index in [1.807, 2.05) is 20.8 Å². The Morgan fingerprint density at radius 1 is 1.38 bits per heavy atom. The molecule has 0 N–H and O–H groups in total. The van der Waals surface area contributed by atoms with Crippen LogP contribution in [0.3, 0.4) is 0 Å². The first-order valence-corrected chi connectivity index (χ1v) is 9.52. The Bertz CT molecular complexity index is 623. The van der Waals surface area contributed by atoms with Crippen molar-refractivity contribution in [1.29, 1.82) is 5.26 Å². The zero-order valence-electron chi connectivity index (χ0n) is 15.0. The highest BCUT2D eigenvalue weighted by atomic mass is 32.2. The lowest BCUT2D eigenvalue weighted by atomic mass is 9.71. The summed E-state index contributed by atoms with van der Waals surface area (Å²) in [6, 6.07) is 10.8. The number of hydroxylamine groups is 2. The minimum Gasteiger partial charge on any atom is -0.367 e. The Morgan fingerprint density at radius 2 is 2.04 bits per heavy atom. The maximum Gasteiger partial charge on any atom is 0.330 e. The fraction of sp³-hybridized carbons (Fsp3) is 0.579. The van der Waals surface area contributed by atoms with Crippen molar-refractivity contribution in [1.82, 2.24) is 5.06 Å². The van der Waals surface area contributed by atoms with Gasteiger partial charge in [-0.05, 0) is 57.6 Å². The Kier molecular flexibility index (Phi) is 5.95. The predicted molar refractivity (Wildman–Crippen MR) is 96.5 cm³/mol. The quantitative estimate of drug-likeness (QED) is 0.766. The summed E-state index contributed by atoms with van der Waals surface area (Å²) in [4.78, 5) is 18.8. The minimum absolute atomic E-state index is 0.148. The average molecular weight is 346 g/mol. The van der Waals surface area contributed by atoms with E-state index in [4.69, 9.17) is 4.84 Å². The highest BCUT2D eigenvalue weighted by molar-refractivity contribution is 7.98. The standard InChI is InChI=1S/C19H26N2O2S/c1-18(2,3)17(22)23-21-12-9-19(8-11-20,10-13-21)15-6-5-7-16(14-15)24-4/h5-7,14H,8-10,12-13H2,1-4H3. The van der Waals surface area contributed by atoms with E-state index in [1.165, 1.54) is 10.5 Å². The molecule has 0 aliphatic carbocycles. The number of carbonyl (C=O) groups is 1. The smallest absolute Gasteiger partial charge is 0.330 e. The molecule has 0 amide bonds. The summed E-state index contributed by atoms with van der Waals surface area (Å²) in [7, 11) is 0. The second kappa shape index (κ2) is 7.58. The summed E-state index contributed by atoms with van der Waals surface area (Å²) in [6.45, 7) is 6.88. The van der Waals surface area contributed by atoms with Gasteiger partial charge in [0.1, 0.15) is 0 Å². The first-order chi connectivity index (χ1) is 11.3. The normalized spacial score (nSPS) is 18.0. The van der Waals surface area contributed by atoms with Crippen molar-refractivity contribution >= 4 is 17.7 Å². The highest BCUT2D eigenvalue weighted by Crippen LogP contribution is 2.39. The van der Waals surface area contributed by atoms with E-state index in [9.17, 15) is 10.1 Å². The van der Waals surface area contributed by atoms with Crippen LogP contribution in [0.1, 0.15) is 45.6 Å². The topological polar surface area (TPSA) is 53.3 Å². The Labute approximate surface area is 149 Å². The largest absolute Gasteiger partial charge is 0.367 e. The molecule has 5 heteroatoms. The van der Waals surface area contributed by atoms with Gasteiger partial charge in [0.25, 0.3) is 0 Å². The Hall–Kier alpha value is -1.51. The fourth-order valence-corrected chi connectivity index (χ4v) is 3.39. The number of nitrogens with zero attached hydrogens (tertiary/aromatic N) is 2. The summed E-state index contributed by atoms with van der Waals surface area (Å²) in [6.07, 6.45) is 4.18. The van der Waals surface area contributed by atoms with Crippen LogP contribution < -0.4 is 0 Å². The SMILES string of the molecule is CSc1cccc(C2(CC#N)CCN(OC(=O)C(C)(C)C)CC2)c1. The molecule has 1 saturated heterocycles. The van der Waals surface area contributed by atoms with E-state index in [1.54, 1.807) is 16.8 Å². The number of piperidine rings is 1. The van der Waals surface area contributed by atoms with E-state index in [2.05, 4.69) is 36.6 Å². The number of thioether (sulfide) groups is 1. The molecule has 1 aromatic rings. The molecule has 0 aromatic heterocycles. The van der Waals surface area contributed by atoms with Crippen LogP contribution in [0.4, 0.5) is 0 Å². The second-order valence-corrected chi connectivity index (χ2v) is 8.28. The zero-order chi connectivity index (χ0) is 17.8. The van der Waals surface area contributed by atoms with Gasteiger partial charge in [-0.25, -0.2) is 4.79 Å². The fourth-order valence-electron chi connectivity index (χ4n) is 2.93. The van der Waals surface area contributed by atoms with Crippen LogP contribution in [0.2, 0.25) is 0 Å². The third-order valence-electron chi connectivity index (χ3n) is 4.60. The van der Waals surface area contributed by atoms with E-state index in [0.717, 1.165) is 12.8 Å². The van der Waals surface area contributed by atoms with Gasteiger partial charge in [-0.1, -0.05) is 12.1 Å². The van der Waals surface area contributed by atoms with Crippen molar-refractivity contribution < 1.29 is 9.63 Å². The summed E-state index contributed by atoms with van der Waals surface area (Å²) < 4.78 is 0. The van der Waals surface area contributed by atoms with Crippen molar-refractivity contribution in [2.75, 3.05) is 19.3 Å². The maximum atomic E-state index is 12.1. The van der Waals surface area contributed by atoms with Crippen LogP contribution in [0.15, 0.2) is 29.2 Å². The number of rotatable bonds is 4. The van der Waals surface area contributed by atoms with E-state index < -0.39 is 5.41 Å². The van der Waals surface area contributed by atoms with Gasteiger partial charge in [-0.2, -0.15) is 5.26 Å². The minimum atomic E-state index is -0.506. The molecule has 24 heavy (non-hydrogen) atoms. The molecule has 1 heterocycles. The number of benzene rings is 1. The molecule has 130 valence electrons. The molecular weight excluding hydrogens is 320 g/mol. The first-order valence-electron chi connectivity index (χ1n) is 8.29. The number of hydrogen-bond acceptors (Lipinski definition) is 5. The van der Waals surface area contributed by atoms with Gasteiger partial charge < -0.3 is 4.84 Å². The van der Waals surface area contributed by atoms with Crippen LogP contribution in [-0.4, -0.2) is 30.4 Å². The molecule has 0 spiro atoms. The van der Waals surface area contributed by atoms with Crippen LogP contribution in [0.5, 0.6) is 0 Å². The summed E-state index contributed by atoms with van der Waals surface area (Å²) in [5, 5.41) is 11.1. The maximum absolute atomic E-state index is 12.1. The van der Waals surface area contributed by atoms with Crippen LogP contribution in [-0.2, 0) is 15.0 Å². The lowest BCUT2D eigenvalue weighted by Gasteiger charge is -2.40. The number of nitriles is 1. The van der Waals surface area contributed by atoms with Crippen molar-refractivity contribution in [3.8, 4) is 6.07 Å². The third-order valence-corrected chi connectivity index (χ3v) is 5.33. The monoisotopic (exact) mass is 346 g/mol. The van der Waals surface area contributed by atoms with Crippen molar-refractivity contribution in [2.24, 2.45) is 5.41 Å². The Balaban J connectivity index is 2.12. The second-order valence-electron chi connectivity index (χ2n) is 7.40.